The lowest BCUT2D eigenvalue weighted by atomic mass is 9.96. The number of likely N-dealkylation sites (tertiary alicyclic amines) is 1. The third-order valence-electron chi connectivity index (χ3n) is 5.68. The average Bonchev–Trinajstić information content (AvgIpc) is 3.23. The summed E-state index contributed by atoms with van der Waals surface area (Å²) in [6.45, 7) is 1.70. The van der Waals surface area contributed by atoms with Crippen molar-refractivity contribution in [3.05, 3.63) is 88.0 Å². The second-order valence-electron chi connectivity index (χ2n) is 7.81. The number of nitrogens with zero attached hydrogens (tertiary/aromatic N) is 5. The highest BCUT2D eigenvalue weighted by Crippen LogP contribution is 2.25. The number of H-pyrrole nitrogens is 1. The van der Waals surface area contributed by atoms with Gasteiger partial charge in [0.25, 0.3) is 11.5 Å². The van der Waals surface area contributed by atoms with E-state index < -0.39 is 0 Å². The normalized spacial score (nSPS) is 16.5. The van der Waals surface area contributed by atoms with Gasteiger partial charge in [0.1, 0.15) is 5.82 Å². The number of nitrogens with one attached hydrogen (secondary N) is 1. The van der Waals surface area contributed by atoms with Crippen LogP contribution in [0.5, 0.6) is 0 Å². The molecule has 8 heteroatoms. The second-order valence-corrected chi connectivity index (χ2v) is 7.81. The van der Waals surface area contributed by atoms with Gasteiger partial charge in [0.15, 0.2) is 11.2 Å². The molecule has 0 radical (unpaired) electrons. The van der Waals surface area contributed by atoms with Crippen LogP contribution in [0.25, 0.3) is 11.2 Å². The highest BCUT2D eigenvalue weighted by molar-refractivity contribution is 5.94. The van der Waals surface area contributed by atoms with Crippen LogP contribution in [-0.4, -0.2) is 48.9 Å². The van der Waals surface area contributed by atoms with Crippen molar-refractivity contribution < 1.29 is 4.79 Å². The summed E-state index contributed by atoms with van der Waals surface area (Å²) in [6, 6.07) is 19.1. The Labute approximate surface area is 178 Å². The van der Waals surface area contributed by atoms with Gasteiger partial charge in [-0.2, -0.15) is 0 Å². The largest absolute Gasteiger partial charge is 0.338 e. The standard InChI is InChI=1S/C23H22N6O2/c30-22-19-21(29(27-26-19)14-16-8-3-1-4-9-16)24-20(25-22)18-12-7-13-28(15-18)23(31)17-10-5-2-6-11-17/h1-6,8-11,18H,7,12-15H2,(H,24,25,30)/t18-/m1/s1. The fourth-order valence-electron chi connectivity index (χ4n) is 4.09. The first kappa shape index (κ1) is 19.2. The molecule has 0 unspecified atom stereocenters. The first-order valence-electron chi connectivity index (χ1n) is 10.4. The van der Waals surface area contributed by atoms with Gasteiger partial charge >= 0.3 is 0 Å². The van der Waals surface area contributed by atoms with Crippen LogP contribution in [0.4, 0.5) is 0 Å². The number of aromatic nitrogens is 5. The minimum absolute atomic E-state index is 0.00418. The van der Waals surface area contributed by atoms with Crippen LogP contribution in [0, 0.1) is 0 Å². The van der Waals surface area contributed by atoms with Crippen molar-refractivity contribution in [2.75, 3.05) is 13.1 Å². The van der Waals surface area contributed by atoms with Crippen LogP contribution in [0.1, 0.15) is 40.5 Å². The predicted octanol–water partition coefficient (Wildman–Crippen LogP) is 2.58. The maximum Gasteiger partial charge on any atom is 0.281 e. The van der Waals surface area contributed by atoms with Crippen LogP contribution in [0.2, 0.25) is 0 Å². The average molecular weight is 414 g/mol. The van der Waals surface area contributed by atoms with Crippen molar-refractivity contribution in [3.8, 4) is 0 Å². The minimum Gasteiger partial charge on any atom is -0.338 e. The third-order valence-corrected chi connectivity index (χ3v) is 5.68. The van der Waals surface area contributed by atoms with Gasteiger partial charge in [0.2, 0.25) is 0 Å². The smallest absolute Gasteiger partial charge is 0.281 e. The van der Waals surface area contributed by atoms with Crippen LogP contribution < -0.4 is 5.56 Å². The van der Waals surface area contributed by atoms with Gasteiger partial charge in [0, 0.05) is 24.6 Å². The molecule has 31 heavy (non-hydrogen) atoms. The van der Waals surface area contributed by atoms with Gasteiger partial charge in [-0.25, -0.2) is 9.67 Å². The predicted molar refractivity (Wildman–Crippen MR) is 116 cm³/mol. The molecule has 156 valence electrons. The van der Waals surface area contributed by atoms with Gasteiger partial charge in [-0.15, -0.1) is 5.10 Å². The Kier molecular flexibility index (Phi) is 5.03. The first-order chi connectivity index (χ1) is 15.2. The summed E-state index contributed by atoms with van der Waals surface area (Å²) >= 11 is 0. The van der Waals surface area contributed by atoms with Gasteiger partial charge in [-0.3, -0.25) is 9.59 Å². The number of carbonyl (C=O) groups is 1. The zero-order valence-electron chi connectivity index (χ0n) is 16.9. The van der Waals surface area contributed by atoms with Crippen molar-refractivity contribution >= 4 is 17.1 Å². The number of carbonyl (C=O) groups excluding carboxylic acids is 1. The van der Waals surface area contributed by atoms with E-state index >= 15 is 0 Å². The topological polar surface area (TPSA) is 96.8 Å². The lowest BCUT2D eigenvalue weighted by Gasteiger charge is -2.32. The summed E-state index contributed by atoms with van der Waals surface area (Å²) in [7, 11) is 0. The fourth-order valence-corrected chi connectivity index (χ4v) is 4.09. The Morgan fingerprint density at radius 3 is 2.58 bits per heavy atom. The molecule has 0 bridgehead atoms. The Bertz CT molecular complexity index is 1270. The molecule has 1 aliphatic rings. The van der Waals surface area contributed by atoms with Gasteiger partial charge in [0.05, 0.1) is 6.54 Å². The van der Waals surface area contributed by atoms with E-state index in [1.807, 2.05) is 65.6 Å². The molecule has 0 saturated carbocycles. The molecule has 1 saturated heterocycles. The summed E-state index contributed by atoms with van der Waals surface area (Å²) in [5.41, 5.74) is 2.12. The number of hydrogen-bond acceptors (Lipinski definition) is 5. The van der Waals surface area contributed by atoms with E-state index in [-0.39, 0.29) is 22.9 Å². The van der Waals surface area contributed by atoms with Crippen molar-refractivity contribution in [2.45, 2.75) is 25.3 Å². The van der Waals surface area contributed by atoms with E-state index in [4.69, 9.17) is 4.98 Å². The van der Waals surface area contributed by atoms with Crippen LogP contribution >= 0.6 is 0 Å². The lowest BCUT2D eigenvalue weighted by molar-refractivity contribution is 0.0704. The zero-order chi connectivity index (χ0) is 21.2. The van der Waals surface area contributed by atoms with Crippen molar-refractivity contribution in [3.63, 3.8) is 0 Å². The molecule has 0 spiro atoms. The summed E-state index contributed by atoms with van der Waals surface area (Å²) in [6.07, 6.45) is 1.71. The molecule has 8 nitrogen and oxygen atoms in total. The Hall–Kier alpha value is -3.81. The number of aromatic amines is 1. The Morgan fingerprint density at radius 2 is 1.81 bits per heavy atom. The van der Waals surface area contributed by atoms with Crippen molar-refractivity contribution in [1.29, 1.82) is 0 Å². The molecule has 2 aromatic heterocycles. The highest BCUT2D eigenvalue weighted by atomic mass is 16.2. The van der Waals surface area contributed by atoms with Crippen molar-refractivity contribution in [2.24, 2.45) is 0 Å². The monoisotopic (exact) mass is 414 g/mol. The number of fused-ring (bicyclic) bond motifs is 1. The van der Waals surface area contributed by atoms with Crippen LogP contribution in [-0.2, 0) is 6.54 Å². The Balaban J connectivity index is 1.43. The number of amides is 1. The molecule has 2 aromatic carbocycles. The molecular formula is C23H22N6O2. The molecule has 1 fully saturated rings. The van der Waals surface area contributed by atoms with Gasteiger partial charge in [-0.05, 0) is 30.5 Å². The minimum atomic E-state index is -0.300. The summed E-state index contributed by atoms with van der Waals surface area (Å²) in [5, 5.41) is 8.17. The van der Waals surface area contributed by atoms with E-state index in [1.54, 1.807) is 4.68 Å². The van der Waals surface area contributed by atoms with Crippen molar-refractivity contribution in [1.82, 2.24) is 29.9 Å². The van der Waals surface area contributed by atoms with E-state index in [9.17, 15) is 9.59 Å². The number of piperidine rings is 1. The molecule has 4 aromatic rings. The fraction of sp³-hybridized carbons (Fsp3) is 0.261. The van der Waals surface area contributed by atoms with E-state index in [1.165, 1.54) is 0 Å². The third kappa shape index (κ3) is 3.84. The Morgan fingerprint density at radius 1 is 1.06 bits per heavy atom. The molecule has 5 rings (SSSR count). The number of benzene rings is 2. The van der Waals surface area contributed by atoms with Crippen LogP contribution in [0.15, 0.2) is 65.5 Å². The second kappa shape index (κ2) is 8.14. The quantitative estimate of drug-likeness (QED) is 0.554. The molecule has 0 aliphatic carbocycles. The summed E-state index contributed by atoms with van der Waals surface area (Å²) in [4.78, 5) is 35.0. The summed E-state index contributed by atoms with van der Waals surface area (Å²) in [5.74, 6) is 0.544. The molecule has 1 atom stereocenters. The van der Waals surface area contributed by atoms with Gasteiger partial charge in [-0.1, -0.05) is 53.7 Å². The maximum atomic E-state index is 12.9. The van der Waals surface area contributed by atoms with E-state index in [2.05, 4.69) is 15.3 Å². The zero-order valence-corrected chi connectivity index (χ0v) is 16.9. The first-order valence-corrected chi connectivity index (χ1v) is 10.4. The van der Waals surface area contributed by atoms with Gasteiger partial charge < -0.3 is 9.88 Å². The molecule has 3 heterocycles. The van der Waals surface area contributed by atoms with E-state index in [0.717, 1.165) is 18.4 Å². The van der Waals surface area contributed by atoms with Crippen LogP contribution in [0.3, 0.4) is 0 Å². The summed E-state index contributed by atoms with van der Waals surface area (Å²) < 4.78 is 1.65. The lowest BCUT2D eigenvalue weighted by Crippen LogP contribution is -2.39. The molecular weight excluding hydrogens is 392 g/mol. The molecule has 1 N–H and O–H groups in total. The highest BCUT2D eigenvalue weighted by Gasteiger charge is 2.28. The molecule has 1 aliphatic heterocycles. The SMILES string of the molecule is O=C(c1ccccc1)N1CCC[C@@H](c2nc3c(nnn3Cc3ccccc3)c(=O)[nH]2)C1. The van der Waals surface area contributed by atoms with E-state index in [0.29, 0.717) is 36.7 Å². The number of rotatable bonds is 4. The molecule has 1 amide bonds. The maximum absolute atomic E-state index is 12.9. The number of hydrogen-bond donors (Lipinski definition) is 1.